The van der Waals surface area contributed by atoms with Crippen molar-refractivity contribution in [2.24, 2.45) is 0 Å². The molecule has 0 N–H and O–H groups in total. The molecule has 0 saturated heterocycles. The van der Waals surface area contributed by atoms with Crippen LogP contribution < -0.4 is 0 Å². The Morgan fingerprint density at radius 1 is 0.195 bits per heavy atom. The smallest absolute Gasteiger partial charge is 0.165 e. The number of fused-ring (bicyclic) bond motifs is 15. The van der Waals surface area contributed by atoms with Gasteiger partial charge in [-0.1, -0.05) is 261 Å². The lowest BCUT2D eigenvalue weighted by Crippen LogP contribution is -2.13. The summed E-state index contributed by atoms with van der Waals surface area (Å²) in [6, 6.07) is 107. The van der Waals surface area contributed by atoms with E-state index in [2.05, 4.69) is 275 Å². The third-order valence-corrected chi connectivity index (χ3v) is 17.7. The molecule has 0 unspecified atom stereocenters. The number of nitrogens with zero attached hydrogens (tertiary/aromatic N) is 7. The molecule has 5 aromatic heterocycles. The van der Waals surface area contributed by atoms with Gasteiger partial charge in [0.05, 0.1) is 38.8 Å². The van der Waals surface area contributed by atoms with Crippen LogP contribution in [0.3, 0.4) is 0 Å². The molecule has 0 radical (unpaired) electrons. The third kappa shape index (κ3) is 7.49. The van der Waals surface area contributed by atoms with E-state index in [1.807, 2.05) is 36.4 Å². The van der Waals surface area contributed by atoms with Gasteiger partial charge in [0.25, 0.3) is 0 Å². The molecule has 0 spiro atoms. The third-order valence-electron chi connectivity index (χ3n) is 17.7. The second-order valence-electron chi connectivity index (χ2n) is 22.4. The van der Waals surface area contributed by atoms with Crippen molar-refractivity contribution in [2.75, 3.05) is 0 Å². The van der Waals surface area contributed by atoms with E-state index < -0.39 is 0 Å². The summed E-state index contributed by atoms with van der Waals surface area (Å²) < 4.78 is 7.41. The van der Waals surface area contributed by atoms with Gasteiger partial charge in [-0.3, -0.25) is 9.13 Å². The summed E-state index contributed by atoms with van der Waals surface area (Å²) >= 11 is 0. The highest BCUT2D eigenvalue weighted by molar-refractivity contribution is 6.25. The van der Waals surface area contributed by atoms with Crippen molar-refractivity contribution in [3.8, 4) is 73.7 Å². The molecule has 7 heteroatoms. The molecule has 0 atom stereocenters. The largest absolute Gasteiger partial charge is 0.305 e. The lowest BCUT2D eigenvalue weighted by Gasteiger charge is -2.26. The van der Waals surface area contributed by atoms with Crippen LogP contribution in [-0.4, -0.2) is 33.6 Å². The Kier molecular flexibility index (Phi) is 10.9. The van der Waals surface area contributed by atoms with Gasteiger partial charge < -0.3 is 4.57 Å². The maximum absolute atomic E-state index is 6.43. The number of benzene rings is 13. The minimum Gasteiger partial charge on any atom is -0.305 e. The highest BCUT2D eigenvalue weighted by atomic mass is 15.2. The second-order valence-corrected chi connectivity index (χ2v) is 22.4. The highest BCUT2D eigenvalue weighted by Gasteiger charge is 2.32. The number of rotatable bonds is 8. The fourth-order valence-corrected chi connectivity index (χ4v) is 13.9. The summed E-state index contributed by atoms with van der Waals surface area (Å²) in [4.78, 5) is 22.0. The van der Waals surface area contributed by atoms with Gasteiger partial charge >= 0.3 is 0 Å². The molecule has 404 valence electrons. The molecule has 13 aromatic carbocycles. The van der Waals surface area contributed by atoms with Gasteiger partial charge in [0, 0.05) is 60.1 Å². The van der Waals surface area contributed by atoms with Gasteiger partial charge in [0.2, 0.25) is 0 Å². The molecule has 0 aliphatic carbocycles. The molecule has 18 rings (SSSR count). The first-order chi connectivity index (χ1) is 43.2. The first kappa shape index (κ1) is 48.7. The average Bonchev–Trinajstić information content (AvgIpc) is 1.75. The molecule has 0 saturated carbocycles. The predicted molar refractivity (Wildman–Crippen MR) is 360 cm³/mol. The molecule has 0 aliphatic rings. The molecule has 5 heterocycles. The average molecular weight is 1110 g/mol. The summed E-state index contributed by atoms with van der Waals surface area (Å²) in [6.45, 7) is 0. The van der Waals surface area contributed by atoms with E-state index in [-0.39, 0.29) is 0 Å². The molecule has 0 bridgehead atoms. The normalized spacial score (nSPS) is 11.9. The Hall–Kier alpha value is -11.8. The molecule has 0 fully saturated rings. The number of para-hydroxylation sites is 3. The number of aromatic nitrogens is 7. The molecule has 18 aromatic rings. The zero-order chi connectivity index (χ0) is 57.1. The summed E-state index contributed by atoms with van der Waals surface area (Å²) in [5, 5.41) is 14.1. The van der Waals surface area contributed by atoms with E-state index in [0.717, 1.165) is 106 Å². The molecule has 7 nitrogen and oxygen atoms in total. The van der Waals surface area contributed by atoms with E-state index in [0.29, 0.717) is 17.5 Å². The minimum absolute atomic E-state index is 0.582. The predicted octanol–water partition coefficient (Wildman–Crippen LogP) is 20.4. The monoisotopic (exact) mass is 1110 g/mol. The zero-order valence-corrected chi connectivity index (χ0v) is 46.9. The lowest BCUT2D eigenvalue weighted by atomic mass is 9.92. The number of pyridine rings is 1. The standard InChI is InChI=1S/C80H49N7/c1-4-25-53(26-5-1)71-70(54-40-42-57(43-41-54)78-82-76(55-27-6-2-7-28-55)81-77(83-78)56-29-8-3-9-30-56)75(85-64-37-19-16-34-61(64)72-58-31-13-10-22-50(58)44-47-67(72)85)80(87-66-39-21-18-36-63(66)74-60-33-15-12-24-52(60)46-49-69(74)87)84-79(71)86-65-38-20-17-35-62(65)73-59-32-14-11-23-51(59)45-48-68(73)86/h1-49H. The lowest BCUT2D eigenvalue weighted by molar-refractivity contribution is 0.987. The van der Waals surface area contributed by atoms with Crippen LogP contribution >= 0.6 is 0 Å². The Labute approximate surface area is 499 Å². The SMILES string of the molecule is c1ccc(-c2nc(-c3ccccc3)nc(-c3ccc(-c4c(-c5ccccc5)c(-n5c6ccccc6c6c7ccccc7ccc65)nc(-n5c6ccccc6c6c7ccccc7ccc65)c4-n4c5ccccc5c5c6ccccc6ccc54)cc3)n2)cc1. The van der Waals surface area contributed by atoms with Crippen LogP contribution in [0.4, 0.5) is 0 Å². The Balaban J connectivity index is 1.05. The van der Waals surface area contributed by atoms with Crippen molar-refractivity contribution in [2.45, 2.75) is 0 Å². The van der Waals surface area contributed by atoms with Gasteiger partial charge in [-0.25, -0.2) is 19.9 Å². The molecular weight excluding hydrogens is 1060 g/mol. The summed E-state index contributed by atoms with van der Waals surface area (Å²) in [5.41, 5.74) is 14.0. The minimum atomic E-state index is 0.582. The molecular formula is C80H49N7. The molecule has 0 amide bonds. The van der Waals surface area contributed by atoms with Gasteiger partial charge in [0.1, 0.15) is 5.82 Å². The fraction of sp³-hybridized carbons (Fsp3) is 0. The van der Waals surface area contributed by atoms with Crippen LogP contribution in [0.15, 0.2) is 297 Å². The quantitative estimate of drug-likeness (QED) is 0.152. The Morgan fingerprint density at radius 3 is 0.943 bits per heavy atom. The van der Waals surface area contributed by atoms with Crippen LogP contribution in [0.5, 0.6) is 0 Å². The topological polar surface area (TPSA) is 66.3 Å². The van der Waals surface area contributed by atoms with Gasteiger partial charge in [-0.05, 0) is 79.8 Å². The fourth-order valence-electron chi connectivity index (χ4n) is 13.9. The first-order valence-electron chi connectivity index (χ1n) is 29.6. The van der Waals surface area contributed by atoms with Crippen LogP contribution in [0.25, 0.3) is 171 Å². The molecule has 0 aliphatic heterocycles. The van der Waals surface area contributed by atoms with E-state index >= 15 is 0 Å². The highest BCUT2D eigenvalue weighted by Crippen LogP contribution is 2.50. The molecule has 87 heavy (non-hydrogen) atoms. The van der Waals surface area contributed by atoms with Crippen LogP contribution in [0.2, 0.25) is 0 Å². The van der Waals surface area contributed by atoms with E-state index in [9.17, 15) is 0 Å². The summed E-state index contributed by atoms with van der Waals surface area (Å²) in [7, 11) is 0. The number of hydrogen-bond acceptors (Lipinski definition) is 4. The van der Waals surface area contributed by atoms with Crippen molar-refractivity contribution in [1.82, 2.24) is 33.6 Å². The van der Waals surface area contributed by atoms with Crippen LogP contribution in [0.1, 0.15) is 0 Å². The summed E-state index contributed by atoms with van der Waals surface area (Å²) in [5.74, 6) is 3.38. The van der Waals surface area contributed by atoms with Crippen LogP contribution in [0, 0.1) is 0 Å². The Bertz CT molecular complexity index is 5750. The van der Waals surface area contributed by atoms with E-state index in [1.54, 1.807) is 0 Å². The second kappa shape index (κ2) is 19.4. The van der Waals surface area contributed by atoms with Crippen molar-refractivity contribution in [3.63, 3.8) is 0 Å². The first-order valence-corrected chi connectivity index (χ1v) is 29.6. The number of hydrogen-bond donors (Lipinski definition) is 0. The zero-order valence-electron chi connectivity index (χ0n) is 46.9. The Morgan fingerprint density at radius 2 is 0.506 bits per heavy atom. The van der Waals surface area contributed by atoms with Crippen molar-refractivity contribution in [3.05, 3.63) is 297 Å². The van der Waals surface area contributed by atoms with E-state index in [4.69, 9.17) is 19.9 Å². The van der Waals surface area contributed by atoms with Gasteiger partial charge in [-0.2, -0.15) is 0 Å². The van der Waals surface area contributed by atoms with Crippen molar-refractivity contribution < 1.29 is 0 Å². The van der Waals surface area contributed by atoms with E-state index in [1.165, 1.54) is 48.5 Å². The van der Waals surface area contributed by atoms with Crippen LogP contribution in [-0.2, 0) is 0 Å². The maximum Gasteiger partial charge on any atom is 0.165 e. The van der Waals surface area contributed by atoms with Crippen molar-refractivity contribution >= 4 is 97.7 Å². The van der Waals surface area contributed by atoms with Gasteiger partial charge in [-0.15, -0.1) is 0 Å². The maximum atomic E-state index is 6.43. The van der Waals surface area contributed by atoms with Gasteiger partial charge in [0.15, 0.2) is 23.3 Å². The summed E-state index contributed by atoms with van der Waals surface area (Å²) in [6.07, 6.45) is 0. The van der Waals surface area contributed by atoms with Crippen molar-refractivity contribution in [1.29, 1.82) is 0 Å².